The normalized spacial score (nSPS) is 10.1. The number of ether oxygens (including phenoxy) is 1. The minimum absolute atomic E-state index is 0.828. The van der Waals surface area contributed by atoms with E-state index >= 15 is 0 Å². The molecule has 0 aliphatic rings. The molecule has 0 saturated carbocycles. The van der Waals surface area contributed by atoms with E-state index in [4.69, 9.17) is 4.74 Å². The first-order valence-electron chi connectivity index (χ1n) is 5.19. The van der Waals surface area contributed by atoms with E-state index in [9.17, 15) is 0 Å². The van der Waals surface area contributed by atoms with Gasteiger partial charge >= 0.3 is 0 Å². The van der Waals surface area contributed by atoms with Crippen LogP contribution in [0.5, 0.6) is 5.75 Å². The molecule has 1 aromatic heterocycles. The van der Waals surface area contributed by atoms with E-state index in [1.165, 1.54) is 16.8 Å². The summed E-state index contributed by atoms with van der Waals surface area (Å²) < 4.78 is 5.19. The van der Waals surface area contributed by atoms with Gasteiger partial charge in [-0.2, -0.15) is 0 Å². The van der Waals surface area contributed by atoms with Crippen LogP contribution in [-0.2, 0) is 6.54 Å². The fourth-order valence-electron chi connectivity index (χ4n) is 1.52. The van der Waals surface area contributed by atoms with Crippen LogP contribution in [0.15, 0.2) is 35.0 Å². The Kier molecular flexibility index (Phi) is 3.47. The molecule has 16 heavy (non-hydrogen) atoms. The minimum atomic E-state index is 0.828. The second-order valence-corrected chi connectivity index (χ2v) is 4.42. The van der Waals surface area contributed by atoms with Crippen molar-refractivity contribution >= 4 is 17.0 Å². The maximum Gasteiger partial charge on any atom is 0.119 e. The van der Waals surface area contributed by atoms with Gasteiger partial charge in [0.15, 0.2) is 0 Å². The maximum atomic E-state index is 5.19. The monoisotopic (exact) mass is 233 g/mol. The number of anilines is 1. The summed E-state index contributed by atoms with van der Waals surface area (Å²) in [5.41, 5.74) is 3.74. The van der Waals surface area contributed by atoms with Crippen molar-refractivity contribution in [2.75, 3.05) is 12.4 Å². The number of benzene rings is 1. The van der Waals surface area contributed by atoms with Crippen molar-refractivity contribution in [2.45, 2.75) is 13.5 Å². The van der Waals surface area contributed by atoms with Gasteiger partial charge in [0.1, 0.15) is 5.75 Å². The van der Waals surface area contributed by atoms with E-state index < -0.39 is 0 Å². The zero-order valence-corrected chi connectivity index (χ0v) is 10.3. The molecule has 0 radical (unpaired) electrons. The summed E-state index contributed by atoms with van der Waals surface area (Å²) in [6, 6.07) is 8.11. The summed E-state index contributed by atoms with van der Waals surface area (Å²) in [6.45, 7) is 2.94. The zero-order valence-electron chi connectivity index (χ0n) is 9.49. The molecule has 0 fully saturated rings. The SMILES string of the molecule is COc1cccc(CNc2cscc2C)c1. The molecule has 1 N–H and O–H groups in total. The quantitative estimate of drug-likeness (QED) is 0.869. The van der Waals surface area contributed by atoms with Gasteiger partial charge < -0.3 is 10.1 Å². The molecule has 0 atom stereocenters. The number of aryl methyl sites for hydroxylation is 1. The number of hydrogen-bond acceptors (Lipinski definition) is 3. The van der Waals surface area contributed by atoms with Gasteiger partial charge in [-0.15, -0.1) is 11.3 Å². The van der Waals surface area contributed by atoms with Crippen molar-refractivity contribution in [3.63, 3.8) is 0 Å². The van der Waals surface area contributed by atoms with Crippen LogP contribution in [0.2, 0.25) is 0 Å². The smallest absolute Gasteiger partial charge is 0.119 e. The van der Waals surface area contributed by atoms with Gasteiger partial charge in [0, 0.05) is 17.6 Å². The van der Waals surface area contributed by atoms with E-state index in [1.807, 2.05) is 12.1 Å². The lowest BCUT2D eigenvalue weighted by atomic mass is 10.2. The van der Waals surface area contributed by atoms with Gasteiger partial charge in [-0.05, 0) is 35.6 Å². The highest BCUT2D eigenvalue weighted by Crippen LogP contribution is 2.20. The van der Waals surface area contributed by atoms with Crippen molar-refractivity contribution in [2.24, 2.45) is 0 Å². The van der Waals surface area contributed by atoms with Crippen molar-refractivity contribution in [3.8, 4) is 5.75 Å². The average molecular weight is 233 g/mol. The van der Waals surface area contributed by atoms with Gasteiger partial charge in [0.25, 0.3) is 0 Å². The summed E-state index contributed by atoms with van der Waals surface area (Å²) in [5.74, 6) is 0.904. The van der Waals surface area contributed by atoms with E-state index in [-0.39, 0.29) is 0 Å². The molecule has 0 bridgehead atoms. The zero-order chi connectivity index (χ0) is 11.4. The highest BCUT2D eigenvalue weighted by atomic mass is 32.1. The summed E-state index contributed by atoms with van der Waals surface area (Å²) >= 11 is 1.72. The second kappa shape index (κ2) is 5.03. The number of nitrogens with one attached hydrogen (secondary N) is 1. The van der Waals surface area contributed by atoms with Crippen LogP contribution in [0.25, 0.3) is 0 Å². The third-order valence-electron chi connectivity index (χ3n) is 2.47. The number of thiophene rings is 1. The van der Waals surface area contributed by atoms with Gasteiger partial charge in [-0.1, -0.05) is 12.1 Å². The molecule has 0 aliphatic carbocycles. The topological polar surface area (TPSA) is 21.3 Å². The Balaban J connectivity index is 2.02. The average Bonchev–Trinajstić information content (AvgIpc) is 2.72. The molecule has 0 saturated heterocycles. The fraction of sp³-hybridized carbons (Fsp3) is 0.231. The first-order valence-corrected chi connectivity index (χ1v) is 6.13. The van der Waals surface area contributed by atoms with Crippen molar-refractivity contribution in [1.29, 1.82) is 0 Å². The van der Waals surface area contributed by atoms with E-state index in [1.54, 1.807) is 18.4 Å². The fourth-order valence-corrected chi connectivity index (χ4v) is 2.33. The van der Waals surface area contributed by atoms with E-state index in [0.717, 1.165) is 12.3 Å². The standard InChI is InChI=1S/C13H15NOS/c1-10-8-16-9-13(10)14-7-11-4-3-5-12(6-11)15-2/h3-6,8-9,14H,7H2,1-2H3. The third-order valence-corrected chi connectivity index (χ3v) is 3.33. The summed E-state index contributed by atoms with van der Waals surface area (Å²) in [7, 11) is 1.69. The molecule has 0 unspecified atom stereocenters. The first kappa shape index (κ1) is 11.0. The van der Waals surface area contributed by atoms with Crippen molar-refractivity contribution < 1.29 is 4.74 Å². The molecular formula is C13H15NOS. The van der Waals surface area contributed by atoms with Crippen LogP contribution < -0.4 is 10.1 Å². The van der Waals surface area contributed by atoms with Crippen LogP contribution >= 0.6 is 11.3 Å². The highest BCUT2D eigenvalue weighted by Gasteiger charge is 1.99. The third kappa shape index (κ3) is 2.55. The van der Waals surface area contributed by atoms with Crippen molar-refractivity contribution in [1.82, 2.24) is 0 Å². The molecule has 0 aliphatic heterocycles. The molecule has 2 nitrogen and oxygen atoms in total. The Bertz CT molecular complexity index is 464. The van der Waals surface area contributed by atoms with Gasteiger partial charge in [-0.3, -0.25) is 0 Å². The van der Waals surface area contributed by atoms with Crippen LogP contribution in [-0.4, -0.2) is 7.11 Å². The van der Waals surface area contributed by atoms with Crippen LogP contribution in [0.3, 0.4) is 0 Å². The predicted molar refractivity (Wildman–Crippen MR) is 69.4 cm³/mol. The molecule has 1 heterocycles. The molecule has 1 aromatic carbocycles. The van der Waals surface area contributed by atoms with E-state index in [2.05, 4.69) is 35.1 Å². The van der Waals surface area contributed by atoms with Crippen molar-refractivity contribution in [3.05, 3.63) is 46.2 Å². The lowest BCUT2D eigenvalue weighted by molar-refractivity contribution is 0.414. The molecule has 2 aromatic rings. The largest absolute Gasteiger partial charge is 0.497 e. The molecule has 0 amide bonds. The van der Waals surface area contributed by atoms with Crippen LogP contribution in [0.4, 0.5) is 5.69 Å². The lowest BCUT2D eigenvalue weighted by Gasteiger charge is -2.07. The Morgan fingerprint density at radius 1 is 1.31 bits per heavy atom. The molecule has 0 spiro atoms. The maximum absolute atomic E-state index is 5.19. The second-order valence-electron chi connectivity index (χ2n) is 3.67. The van der Waals surface area contributed by atoms with E-state index in [0.29, 0.717) is 0 Å². The number of hydrogen-bond donors (Lipinski definition) is 1. The molecule has 3 heteroatoms. The Labute approximate surface area is 99.9 Å². The Hall–Kier alpha value is -1.48. The Morgan fingerprint density at radius 2 is 2.19 bits per heavy atom. The van der Waals surface area contributed by atoms with Gasteiger partial charge in [0.05, 0.1) is 7.11 Å². The summed E-state index contributed by atoms with van der Waals surface area (Å²) in [4.78, 5) is 0. The molecular weight excluding hydrogens is 218 g/mol. The molecule has 84 valence electrons. The number of rotatable bonds is 4. The lowest BCUT2D eigenvalue weighted by Crippen LogP contribution is -1.99. The first-order chi connectivity index (χ1) is 7.79. The number of methoxy groups -OCH3 is 1. The van der Waals surface area contributed by atoms with Gasteiger partial charge in [0.2, 0.25) is 0 Å². The summed E-state index contributed by atoms with van der Waals surface area (Å²) in [6.07, 6.45) is 0. The van der Waals surface area contributed by atoms with Crippen LogP contribution in [0, 0.1) is 6.92 Å². The molecule has 2 rings (SSSR count). The highest BCUT2D eigenvalue weighted by molar-refractivity contribution is 7.08. The van der Waals surface area contributed by atoms with Crippen LogP contribution in [0.1, 0.15) is 11.1 Å². The summed E-state index contributed by atoms with van der Waals surface area (Å²) in [5, 5.41) is 7.70. The Morgan fingerprint density at radius 3 is 2.88 bits per heavy atom. The predicted octanol–water partition coefficient (Wildman–Crippen LogP) is 3.68. The van der Waals surface area contributed by atoms with Gasteiger partial charge in [-0.25, -0.2) is 0 Å². The minimum Gasteiger partial charge on any atom is -0.497 e.